The van der Waals surface area contributed by atoms with Crippen LogP contribution in [0, 0.1) is 0 Å². The fourth-order valence-electron chi connectivity index (χ4n) is 1.91. The lowest BCUT2D eigenvalue weighted by molar-refractivity contribution is -0.140. The van der Waals surface area contributed by atoms with Gasteiger partial charge in [-0.05, 0) is 24.6 Å². The maximum Gasteiger partial charge on any atom is 0.325 e. The second-order valence-corrected chi connectivity index (χ2v) is 4.22. The number of hydrogen-bond donors (Lipinski definition) is 1. The number of anilines is 1. The van der Waals surface area contributed by atoms with Crippen LogP contribution < -0.4 is 9.64 Å². The van der Waals surface area contributed by atoms with Crippen molar-refractivity contribution in [2.24, 2.45) is 0 Å². The highest BCUT2D eigenvalue weighted by molar-refractivity contribution is 6.03. The first-order valence-corrected chi connectivity index (χ1v) is 5.85. The number of carbonyl (C=O) groups excluding carboxylic acids is 2. The van der Waals surface area contributed by atoms with Gasteiger partial charge in [-0.2, -0.15) is 0 Å². The zero-order chi connectivity index (χ0) is 14.0. The zero-order valence-electron chi connectivity index (χ0n) is 10.8. The Balaban J connectivity index is 2.41. The molecule has 0 fully saturated rings. The molecule has 1 N–H and O–H groups in total. The van der Waals surface area contributed by atoms with Gasteiger partial charge in [0.25, 0.3) is 5.91 Å². The molecule has 1 heterocycles. The fraction of sp³-hybridized carbons (Fsp3) is 0.385. The molecule has 0 spiro atoms. The molecular weight excluding hydrogens is 250 g/mol. The van der Waals surface area contributed by atoms with Crippen molar-refractivity contribution < 1.29 is 24.2 Å². The van der Waals surface area contributed by atoms with E-state index in [0.29, 0.717) is 17.0 Å². The molecule has 0 saturated heterocycles. The molecule has 0 aliphatic carbocycles. The van der Waals surface area contributed by atoms with Crippen molar-refractivity contribution in [2.45, 2.75) is 19.6 Å². The standard InChI is InChI=1S/C13H15NO5/c1-8-13(17)14(6-12(16)18-2)10-5-9(7-15)3-4-11(10)19-8/h3-5,8,15H,6-7H2,1-2H3. The number of amides is 1. The van der Waals surface area contributed by atoms with Crippen LogP contribution in [0.5, 0.6) is 5.75 Å². The summed E-state index contributed by atoms with van der Waals surface area (Å²) >= 11 is 0. The lowest BCUT2D eigenvalue weighted by Gasteiger charge is -2.32. The van der Waals surface area contributed by atoms with Gasteiger partial charge in [-0.15, -0.1) is 0 Å². The smallest absolute Gasteiger partial charge is 0.325 e. The van der Waals surface area contributed by atoms with Gasteiger partial charge in [0.2, 0.25) is 0 Å². The van der Waals surface area contributed by atoms with Crippen LogP contribution in [-0.2, 0) is 20.9 Å². The Labute approximate surface area is 110 Å². The quantitative estimate of drug-likeness (QED) is 0.804. The van der Waals surface area contributed by atoms with E-state index < -0.39 is 12.1 Å². The van der Waals surface area contributed by atoms with Gasteiger partial charge in [0.1, 0.15) is 12.3 Å². The fourth-order valence-corrected chi connectivity index (χ4v) is 1.91. The van der Waals surface area contributed by atoms with Crippen molar-refractivity contribution in [2.75, 3.05) is 18.6 Å². The first-order chi connectivity index (χ1) is 9.06. The number of rotatable bonds is 3. The predicted octanol–water partition coefficient (Wildman–Crippen LogP) is 0.466. The topological polar surface area (TPSA) is 76.1 Å². The lowest BCUT2D eigenvalue weighted by atomic mass is 10.1. The molecule has 19 heavy (non-hydrogen) atoms. The highest BCUT2D eigenvalue weighted by Gasteiger charge is 2.33. The van der Waals surface area contributed by atoms with E-state index in [2.05, 4.69) is 4.74 Å². The van der Waals surface area contributed by atoms with E-state index in [1.54, 1.807) is 25.1 Å². The first-order valence-electron chi connectivity index (χ1n) is 5.85. The van der Waals surface area contributed by atoms with E-state index >= 15 is 0 Å². The van der Waals surface area contributed by atoms with Crippen molar-refractivity contribution in [3.8, 4) is 5.75 Å². The number of benzene rings is 1. The Bertz CT molecular complexity index is 514. The highest BCUT2D eigenvalue weighted by atomic mass is 16.5. The average molecular weight is 265 g/mol. The normalized spacial score (nSPS) is 17.7. The van der Waals surface area contributed by atoms with Crippen LogP contribution in [0.2, 0.25) is 0 Å². The minimum Gasteiger partial charge on any atom is -0.479 e. The molecule has 102 valence electrons. The van der Waals surface area contributed by atoms with Crippen molar-refractivity contribution >= 4 is 17.6 Å². The maximum absolute atomic E-state index is 12.1. The number of ether oxygens (including phenoxy) is 2. The molecule has 1 atom stereocenters. The van der Waals surface area contributed by atoms with Crippen LogP contribution in [0.4, 0.5) is 5.69 Å². The van der Waals surface area contributed by atoms with E-state index in [1.165, 1.54) is 12.0 Å². The number of methoxy groups -OCH3 is 1. The minimum absolute atomic E-state index is 0.150. The molecule has 0 bridgehead atoms. The molecule has 1 aliphatic rings. The number of carbonyl (C=O) groups is 2. The van der Waals surface area contributed by atoms with E-state index in [9.17, 15) is 9.59 Å². The lowest BCUT2D eigenvalue weighted by Crippen LogP contribution is -2.47. The number of aliphatic hydroxyl groups excluding tert-OH is 1. The van der Waals surface area contributed by atoms with Gasteiger partial charge in [0, 0.05) is 0 Å². The number of esters is 1. The summed E-state index contributed by atoms with van der Waals surface area (Å²) < 4.78 is 10.0. The van der Waals surface area contributed by atoms with Crippen LogP contribution in [0.25, 0.3) is 0 Å². The van der Waals surface area contributed by atoms with E-state index in [0.717, 1.165) is 0 Å². The largest absolute Gasteiger partial charge is 0.479 e. The van der Waals surface area contributed by atoms with Crippen molar-refractivity contribution in [3.63, 3.8) is 0 Å². The van der Waals surface area contributed by atoms with Gasteiger partial charge in [-0.1, -0.05) is 6.07 Å². The number of nitrogens with zero attached hydrogens (tertiary/aromatic N) is 1. The molecule has 0 radical (unpaired) electrons. The van der Waals surface area contributed by atoms with Crippen LogP contribution in [0.3, 0.4) is 0 Å². The molecule has 0 saturated carbocycles. The number of hydrogen-bond acceptors (Lipinski definition) is 5. The van der Waals surface area contributed by atoms with E-state index in [-0.39, 0.29) is 19.1 Å². The minimum atomic E-state index is -0.655. The third-order valence-electron chi connectivity index (χ3n) is 2.93. The van der Waals surface area contributed by atoms with Gasteiger partial charge < -0.3 is 14.6 Å². The summed E-state index contributed by atoms with van der Waals surface area (Å²) in [6, 6.07) is 5.01. The SMILES string of the molecule is COC(=O)CN1C(=O)C(C)Oc2ccc(CO)cc21. The average Bonchev–Trinajstić information content (AvgIpc) is 2.43. The highest BCUT2D eigenvalue weighted by Crippen LogP contribution is 2.34. The van der Waals surface area contributed by atoms with E-state index in [4.69, 9.17) is 9.84 Å². The van der Waals surface area contributed by atoms with Gasteiger partial charge >= 0.3 is 5.97 Å². The van der Waals surface area contributed by atoms with Crippen LogP contribution in [0.15, 0.2) is 18.2 Å². The van der Waals surface area contributed by atoms with Crippen molar-refractivity contribution in [1.29, 1.82) is 0 Å². The molecule has 0 aromatic heterocycles. The molecule has 1 aromatic carbocycles. The second-order valence-electron chi connectivity index (χ2n) is 4.22. The molecule has 1 unspecified atom stereocenters. The van der Waals surface area contributed by atoms with Crippen LogP contribution >= 0.6 is 0 Å². The Hall–Kier alpha value is -2.08. The predicted molar refractivity (Wildman–Crippen MR) is 66.8 cm³/mol. The Morgan fingerprint density at radius 3 is 2.89 bits per heavy atom. The van der Waals surface area contributed by atoms with Gasteiger partial charge in [-0.3, -0.25) is 14.5 Å². The van der Waals surface area contributed by atoms with Crippen molar-refractivity contribution in [1.82, 2.24) is 0 Å². The summed E-state index contributed by atoms with van der Waals surface area (Å²) in [5.41, 5.74) is 1.11. The zero-order valence-corrected chi connectivity index (χ0v) is 10.8. The Morgan fingerprint density at radius 2 is 2.26 bits per heavy atom. The molecular formula is C13H15NO5. The molecule has 1 amide bonds. The van der Waals surface area contributed by atoms with Crippen LogP contribution in [-0.4, -0.2) is 36.7 Å². The molecule has 6 heteroatoms. The summed E-state index contributed by atoms with van der Waals surface area (Å²) in [6.45, 7) is 1.30. The summed E-state index contributed by atoms with van der Waals surface area (Å²) in [5, 5.41) is 9.14. The number of aliphatic hydroxyl groups is 1. The van der Waals surface area contributed by atoms with Crippen LogP contribution in [0.1, 0.15) is 12.5 Å². The molecule has 1 aromatic rings. The summed E-state index contributed by atoms with van der Waals surface area (Å²) in [6.07, 6.45) is -0.655. The maximum atomic E-state index is 12.1. The second kappa shape index (κ2) is 5.27. The molecule has 6 nitrogen and oxygen atoms in total. The first kappa shape index (κ1) is 13.4. The summed E-state index contributed by atoms with van der Waals surface area (Å²) in [7, 11) is 1.27. The third-order valence-corrected chi connectivity index (χ3v) is 2.93. The van der Waals surface area contributed by atoms with Gasteiger partial charge in [0.05, 0.1) is 19.4 Å². The Morgan fingerprint density at radius 1 is 1.53 bits per heavy atom. The summed E-state index contributed by atoms with van der Waals surface area (Å²) in [4.78, 5) is 24.8. The Kier molecular flexibility index (Phi) is 3.71. The van der Waals surface area contributed by atoms with E-state index in [1.807, 2.05) is 0 Å². The summed E-state index contributed by atoms with van der Waals surface area (Å²) in [5.74, 6) is -0.316. The number of fused-ring (bicyclic) bond motifs is 1. The molecule has 2 rings (SSSR count). The van der Waals surface area contributed by atoms with Crippen molar-refractivity contribution in [3.05, 3.63) is 23.8 Å². The monoisotopic (exact) mass is 265 g/mol. The van der Waals surface area contributed by atoms with Gasteiger partial charge in [0.15, 0.2) is 6.10 Å². The molecule has 1 aliphatic heterocycles. The third kappa shape index (κ3) is 2.53. The van der Waals surface area contributed by atoms with Gasteiger partial charge in [-0.25, -0.2) is 0 Å².